The van der Waals surface area contributed by atoms with Crippen LogP contribution < -0.4 is 14.2 Å². The SMILES string of the molecule is COc1cc(-c2noc(C3CCN(S(=O)(=O)c4ccc(C)cc4)CC3)n2)cc(OC)c1OC. The van der Waals surface area contributed by atoms with Crippen LogP contribution >= 0.6 is 0 Å². The molecule has 1 saturated heterocycles. The smallest absolute Gasteiger partial charge is 0.243 e. The van der Waals surface area contributed by atoms with Crippen molar-refractivity contribution in [3.8, 4) is 28.6 Å². The molecule has 2 aromatic carbocycles. The Hall–Kier alpha value is -3.11. The van der Waals surface area contributed by atoms with Crippen LogP contribution in [0.5, 0.6) is 17.2 Å². The maximum absolute atomic E-state index is 12.9. The molecule has 9 nitrogen and oxygen atoms in total. The van der Waals surface area contributed by atoms with E-state index in [0.717, 1.165) is 5.56 Å². The summed E-state index contributed by atoms with van der Waals surface area (Å²) in [7, 11) is 1.11. The maximum Gasteiger partial charge on any atom is 0.243 e. The Balaban J connectivity index is 1.49. The van der Waals surface area contributed by atoms with E-state index in [1.165, 1.54) is 11.4 Å². The van der Waals surface area contributed by atoms with Crippen molar-refractivity contribution in [1.29, 1.82) is 0 Å². The molecule has 2 heterocycles. The Morgan fingerprint density at radius 1 is 0.970 bits per heavy atom. The average molecular weight is 474 g/mol. The molecular weight excluding hydrogens is 446 g/mol. The molecule has 1 aliphatic heterocycles. The number of hydrogen-bond acceptors (Lipinski definition) is 8. The van der Waals surface area contributed by atoms with Crippen molar-refractivity contribution >= 4 is 10.0 Å². The quantitative estimate of drug-likeness (QED) is 0.512. The van der Waals surface area contributed by atoms with Crippen LogP contribution in [0.15, 0.2) is 45.8 Å². The van der Waals surface area contributed by atoms with E-state index in [-0.39, 0.29) is 5.92 Å². The highest BCUT2D eigenvalue weighted by Gasteiger charge is 2.32. The predicted octanol–water partition coefficient (Wildman–Crippen LogP) is 3.64. The van der Waals surface area contributed by atoms with Crippen molar-refractivity contribution in [3.63, 3.8) is 0 Å². The number of nitrogens with zero attached hydrogens (tertiary/aromatic N) is 3. The molecule has 10 heteroatoms. The van der Waals surface area contributed by atoms with Gasteiger partial charge in [0.2, 0.25) is 27.5 Å². The monoisotopic (exact) mass is 473 g/mol. The number of methoxy groups -OCH3 is 3. The molecule has 1 aromatic heterocycles. The zero-order valence-corrected chi connectivity index (χ0v) is 19.9. The Labute approximate surface area is 193 Å². The van der Waals surface area contributed by atoms with Gasteiger partial charge in [-0.2, -0.15) is 9.29 Å². The maximum atomic E-state index is 12.9. The fourth-order valence-corrected chi connectivity index (χ4v) is 5.40. The number of ether oxygens (including phenoxy) is 3. The second-order valence-corrected chi connectivity index (χ2v) is 9.80. The van der Waals surface area contributed by atoms with Gasteiger partial charge in [0.1, 0.15) is 0 Å². The molecule has 0 N–H and O–H groups in total. The first-order chi connectivity index (χ1) is 15.9. The van der Waals surface area contributed by atoms with Crippen molar-refractivity contribution < 1.29 is 27.2 Å². The summed E-state index contributed by atoms with van der Waals surface area (Å²) in [6.45, 7) is 2.71. The number of sulfonamides is 1. The highest BCUT2D eigenvalue weighted by atomic mass is 32.2. The van der Waals surface area contributed by atoms with Gasteiger partial charge < -0.3 is 18.7 Å². The van der Waals surface area contributed by atoms with Crippen molar-refractivity contribution in [2.75, 3.05) is 34.4 Å². The molecule has 1 aliphatic rings. The minimum atomic E-state index is -3.52. The second kappa shape index (κ2) is 9.40. The van der Waals surface area contributed by atoms with Crippen LogP contribution in [0, 0.1) is 6.92 Å². The van der Waals surface area contributed by atoms with E-state index >= 15 is 0 Å². The predicted molar refractivity (Wildman–Crippen MR) is 121 cm³/mol. The number of benzene rings is 2. The summed E-state index contributed by atoms with van der Waals surface area (Å²) >= 11 is 0. The zero-order chi connectivity index (χ0) is 23.6. The number of hydrogen-bond donors (Lipinski definition) is 0. The van der Waals surface area contributed by atoms with Gasteiger partial charge in [0.25, 0.3) is 0 Å². The first-order valence-corrected chi connectivity index (χ1v) is 12.0. The molecule has 0 saturated carbocycles. The van der Waals surface area contributed by atoms with Crippen molar-refractivity contribution in [2.24, 2.45) is 0 Å². The van der Waals surface area contributed by atoms with Crippen LogP contribution in [0.3, 0.4) is 0 Å². The fourth-order valence-electron chi connectivity index (χ4n) is 3.93. The van der Waals surface area contributed by atoms with Crippen LogP contribution in [0.1, 0.15) is 30.2 Å². The molecule has 176 valence electrons. The molecule has 0 radical (unpaired) electrons. The van der Waals surface area contributed by atoms with Gasteiger partial charge in [-0.25, -0.2) is 8.42 Å². The molecule has 0 spiro atoms. The standard InChI is InChI=1S/C23H27N3O6S/c1-15-5-7-18(8-6-15)33(27,28)26-11-9-16(10-12-26)23-24-22(25-32-23)17-13-19(29-2)21(31-4)20(14-17)30-3/h5-8,13-14,16H,9-12H2,1-4H3. The number of piperidine rings is 1. The lowest BCUT2D eigenvalue weighted by molar-refractivity contribution is 0.271. The Morgan fingerprint density at radius 3 is 2.12 bits per heavy atom. The summed E-state index contributed by atoms with van der Waals surface area (Å²) in [6, 6.07) is 10.4. The van der Waals surface area contributed by atoms with Crippen LogP contribution in [-0.2, 0) is 10.0 Å². The zero-order valence-electron chi connectivity index (χ0n) is 19.1. The van der Waals surface area contributed by atoms with E-state index in [2.05, 4.69) is 10.1 Å². The third kappa shape index (κ3) is 4.53. The van der Waals surface area contributed by atoms with Gasteiger partial charge in [-0.1, -0.05) is 22.9 Å². The summed E-state index contributed by atoms with van der Waals surface area (Å²) in [5.74, 6) is 2.35. The first-order valence-electron chi connectivity index (χ1n) is 10.6. The van der Waals surface area contributed by atoms with Crippen molar-refractivity contribution in [1.82, 2.24) is 14.4 Å². The number of aryl methyl sites for hydroxylation is 1. The van der Waals surface area contributed by atoms with Gasteiger partial charge in [0.05, 0.1) is 26.2 Å². The van der Waals surface area contributed by atoms with E-state index in [1.54, 1.807) is 38.5 Å². The van der Waals surface area contributed by atoms with Gasteiger partial charge in [-0.15, -0.1) is 0 Å². The minimum Gasteiger partial charge on any atom is -0.493 e. The lowest BCUT2D eigenvalue weighted by atomic mass is 9.98. The van der Waals surface area contributed by atoms with E-state index < -0.39 is 10.0 Å². The second-order valence-electron chi connectivity index (χ2n) is 7.86. The van der Waals surface area contributed by atoms with Gasteiger partial charge in [-0.05, 0) is 44.0 Å². The lowest BCUT2D eigenvalue weighted by Gasteiger charge is -2.29. The van der Waals surface area contributed by atoms with Crippen molar-refractivity contribution in [3.05, 3.63) is 47.9 Å². The van der Waals surface area contributed by atoms with Gasteiger partial charge in [-0.3, -0.25) is 0 Å². The summed E-state index contributed by atoms with van der Waals surface area (Å²) in [5.41, 5.74) is 1.69. The average Bonchev–Trinajstić information content (AvgIpc) is 3.34. The van der Waals surface area contributed by atoms with Gasteiger partial charge >= 0.3 is 0 Å². The largest absolute Gasteiger partial charge is 0.493 e. The molecule has 0 atom stereocenters. The highest BCUT2D eigenvalue weighted by Crippen LogP contribution is 2.41. The van der Waals surface area contributed by atoms with Crippen LogP contribution in [-0.4, -0.2) is 57.3 Å². The molecule has 0 bridgehead atoms. The molecule has 33 heavy (non-hydrogen) atoms. The first kappa shape index (κ1) is 23.1. The van der Waals surface area contributed by atoms with Gasteiger partial charge in [0, 0.05) is 24.6 Å². The normalized spacial score (nSPS) is 15.4. The number of aromatic nitrogens is 2. The Kier molecular flexibility index (Phi) is 6.57. The summed E-state index contributed by atoms with van der Waals surface area (Å²) in [4.78, 5) is 4.88. The molecule has 0 unspecified atom stereocenters. The summed E-state index contributed by atoms with van der Waals surface area (Å²) < 4.78 is 49.1. The topological polar surface area (TPSA) is 104 Å². The summed E-state index contributed by atoms with van der Waals surface area (Å²) in [6.07, 6.45) is 1.20. The van der Waals surface area contributed by atoms with Gasteiger partial charge in [0.15, 0.2) is 11.5 Å². The van der Waals surface area contributed by atoms with E-state index in [9.17, 15) is 8.42 Å². The number of rotatable bonds is 7. The Morgan fingerprint density at radius 2 is 1.58 bits per heavy atom. The van der Waals surface area contributed by atoms with E-state index in [4.69, 9.17) is 18.7 Å². The van der Waals surface area contributed by atoms with Crippen LogP contribution in [0.25, 0.3) is 11.4 Å². The van der Waals surface area contributed by atoms with Crippen LogP contribution in [0.2, 0.25) is 0 Å². The molecular formula is C23H27N3O6S. The molecule has 3 aromatic rings. The van der Waals surface area contributed by atoms with Crippen molar-refractivity contribution in [2.45, 2.75) is 30.6 Å². The molecule has 4 rings (SSSR count). The van der Waals surface area contributed by atoms with E-state index in [1.807, 2.05) is 19.1 Å². The fraction of sp³-hybridized carbons (Fsp3) is 0.391. The molecule has 1 fully saturated rings. The van der Waals surface area contributed by atoms with Crippen LogP contribution in [0.4, 0.5) is 0 Å². The molecule has 0 amide bonds. The van der Waals surface area contributed by atoms with E-state index in [0.29, 0.717) is 65.4 Å². The third-order valence-electron chi connectivity index (χ3n) is 5.83. The Bertz CT molecular complexity index is 1190. The third-order valence-corrected chi connectivity index (χ3v) is 7.74. The highest BCUT2D eigenvalue weighted by molar-refractivity contribution is 7.89. The minimum absolute atomic E-state index is 0.0160. The molecule has 0 aliphatic carbocycles. The lowest BCUT2D eigenvalue weighted by Crippen LogP contribution is -2.37. The summed E-state index contributed by atoms with van der Waals surface area (Å²) in [5, 5.41) is 4.12.